The van der Waals surface area contributed by atoms with Gasteiger partial charge in [0.05, 0.1) is 6.21 Å². The van der Waals surface area contributed by atoms with Crippen LogP contribution in [-0.4, -0.2) is 11.3 Å². The Morgan fingerprint density at radius 1 is 1.29 bits per heavy atom. The van der Waals surface area contributed by atoms with Gasteiger partial charge in [-0.2, -0.15) is 5.10 Å². The lowest BCUT2D eigenvalue weighted by molar-refractivity contribution is 0.306. The number of hydrogen-bond donors (Lipinski definition) is 2. The van der Waals surface area contributed by atoms with Crippen LogP contribution in [0.15, 0.2) is 53.6 Å². The van der Waals surface area contributed by atoms with Crippen LogP contribution in [-0.2, 0) is 6.61 Å². The molecule has 0 aliphatic carbocycles. The number of hydrazone groups is 1. The average molecular weight is 320 g/mol. The van der Waals surface area contributed by atoms with Crippen molar-refractivity contribution in [2.75, 3.05) is 0 Å². The molecule has 4 nitrogen and oxygen atoms in total. The third-order valence-electron chi connectivity index (χ3n) is 2.57. The number of nitrogens with one attached hydrogen (secondary N) is 1. The van der Waals surface area contributed by atoms with Crippen LogP contribution < -0.4 is 15.9 Å². The van der Waals surface area contributed by atoms with Gasteiger partial charge in [-0.25, -0.2) is 0 Å². The van der Waals surface area contributed by atoms with E-state index < -0.39 is 0 Å². The SMILES string of the molecule is NC(=S)N/N=C\c1cccc(OCc2ccc(Cl)cc2)c1. The number of benzene rings is 2. The predicted octanol–water partition coefficient (Wildman–Crippen LogP) is 3.09. The van der Waals surface area contributed by atoms with Crippen molar-refractivity contribution < 1.29 is 4.74 Å². The Labute approximate surface area is 133 Å². The molecule has 3 N–H and O–H groups in total. The molecule has 0 spiro atoms. The first-order chi connectivity index (χ1) is 10.1. The molecular weight excluding hydrogens is 306 g/mol. The molecule has 0 fully saturated rings. The smallest absolute Gasteiger partial charge is 0.184 e. The zero-order chi connectivity index (χ0) is 15.1. The highest BCUT2D eigenvalue weighted by molar-refractivity contribution is 7.80. The van der Waals surface area contributed by atoms with E-state index in [0.29, 0.717) is 11.6 Å². The van der Waals surface area contributed by atoms with E-state index in [-0.39, 0.29) is 5.11 Å². The van der Waals surface area contributed by atoms with Crippen molar-refractivity contribution in [3.63, 3.8) is 0 Å². The molecule has 0 amide bonds. The number of hydrogen-bond acceptors (Lipinski definition) is 3. The van der Waals surface area contributed by atoms with Crippen molar-refractivity contribution in [3.05, 3.63) is 64.7 Å². The summed E-state index contributed by atoms with van der Waals surface area (Å²) in [6, 6.07) is 15.1. The lowest BCUT2D eigenvalue weighted by Gasteiger charge is -2.07. The molecule has 0 saturated carbocycles. The van der Waals surface area contributed by atoms with Gasteiger partial charge in [-0.3, -0.25) is 5.43 Å². The van der Waals surface area contributed by atoms with Gasteiger partial charge in [-0.05, 0) is 47.6 Å². The Morgan fingerprint density at radius 3 is 2.76 bits per heavy atom. The minimum Gasteiger partial charge on any atom is -0.489 e. The van der Waals surface area contributed by atoms with Crippen LogP contribution in [0.25, 0.3) is 0 Å². The third kappa shape index (κ3) is 5.41. The summed E-state index contributed by atoms with van der Waals surface area (Å²) in [5.41, 5.74) is 9.72. The van der Waals surface area contributed by atoms with E-state index in [9.17, 15) is 0 Å². The Kier molecular flexibility index (Phi) is 5.54. The van der Waals surface area contributed by atoms with Crippen molar-refractivity contribution in [3.8, 4) is 5.75 Å². The highest BCUT2D eigenvalue weighted by Crippen LogP contribution is 2.15. The lowest BCUT2D eigenvalue weighted by atomic mass is 10.2. The van der Waals surface area contributed by atoms with Crippen LogP contribution in [0.1, 0.15) is 11.1 Å². The van der Waals surface area contributed by atoms with Gasteiger partial charge < -0.3 is 10.5 Å². The summed E-state index contributed by atoms with van der Waals surface area (Å²) in [6.45, 7) is 0.475. The standard InChI is InChI=1S/C15H14ClN3OS/c16-13-6-4-11(5-7-13)10-20-14-3-1-2-12(8-14)9-18-19-15(17)21/h1-9H,10H2,(H3,17,19,21)/b18-9-. The van der Waals surface area contributed by atoms with Crippen molar-refractivity contribution in [2.24, 2.45) is 10.8 Å². The van der Waals surface area contributed by atoms with Crippen LogP contribution in [0.4, 0.5) is 0 Å². The second-order valence-electron chi connectivity index (χ2n) is 4.22. The molecule has 108 valence electrons. The van der Waals surface area contributed by atoms with Gasteiger partial charge in [-0.15, -0.1) is 0 Å². The Bertz CT molecular complexity index is 644. The molecule has 0 heterocycles. The fourth-order valence-corrected chi connectivity index (χ4v) is 1.78. The summed E-state index contributed by atoms with van der Waals surface area (Å²) in [5.74, 6) is 0.754. The summed E-state index contributed by atoms with van der Waals surface area (Å²) in [5, 5.41) is 4.74. The molecule has 0 bridgehead atoms. The molecule has 21 heavy (non-hydrogen) atoms. The molecule has 2 aromatic rings. The van der Waals surface area contributed by atoms with Gasteiger partial charge in [-0.1, -0.05) is 35.9 Å². The number of nitrogens with zero attached hydrogens (tertiary/aromatic N) is 1. The van der Waals surface area contributed by atoms with Gasteiger partial charge in [0.2, 0.25) is 0 Å². The van der Waals surface area contributed by atoms with Gasteiger partial charge in [0.1, 0.15) is 12.4 Å². The normalized spacial score (nSPS) is 10.5. The molecule has 6 heteroatoms. The summed E-state index contributed by atoms with van der Waals surface area (Å²) in [4.78, 5) is 0. The number of halogens is 1. The Hall–Kier alpha value is -2.11. The summed E-state index contributed by atoms with van der Waals surface area (Å²) in [7, 11) is 0. The van der Waals surface area contributed by atoms with Crippen molar-refractivity contribution in [1.82, 2.24) is 5.43 Å². The third-order valence-corrected chi connectivity index (χ3v) is 2.91. The lowest BCUT2D eigenvalue weighted by Crippen LogP contribution is -2.23. The molecular formula is C15H14ClN3OS. The fraction of sp³-hybridized carbons (Fsp3) is 0.0667. The molecule has 0 aliphatic heterocycles. The summed E-state index contributed by atoms with van der Waals surface area (Å²) < 4.78 is 5.72. The Morgan fingerprint density at radius 2 is 2.05 bits per heavy atom. The number of rotatable bonds is 5. The molecule has 0 saturated heterocycles. The van der Waals surface area contributed by atoms with E-state index in [1.165, 1.54) is 0 Å². The maximum absolute atomic E-state index is 5.84. The fourth-order valence-electron chi connectivity index (χ4n) is 1.60. The molecule has 0 unspecified atom stereocenters. The van der Waals surface area contributed by atoms with Crippen molar-refractivity contribution >= 4 is 35.1 Å². The maximum atomic E-state index is 5.84. The van der Waals surface area contributed by atoms with Crippen LogP contribution in [0.2, 0.25) is 5.02 Å². The van der Waals surface area contributed by atoms with E-state index in [1.807, 2.05) is 48.5 Å². The highest BCUT2D eigenvalue weighted by atomic mass is 35.5. The van der Waals surface area contributed by atoms with Crippen molar-refractivity contribution in [1.29, 1.82) is 0 Å². The van der Waals surface area contributed by atoms with E-state index in [1.54, 1.807) is 6.21 Å². The first kappa shape index (κ1) is 15.3. The van der Waals surface area contributed by atoms with Crippen LogP contribution in [0.5, 0.6) is 5.75 Å². The molecule has 2 aromatic carbocycles. The van der Waals surface area contributed by atoms with Crippen LogP contribution in [0, 0.1) is 0 Å². The predicted molar refractivity (Wildman–Crippen MR) is 89.7 cm³/mol. The number of thiocarbonyl (C=S) groups is 1. The zero-order valence-corrected chi connectivity index (χ0v) is 12.7. The largest absolute Gasteiger partial charge is 0.489 e. The number of ether oxygens (including phenoxy) is 1. The first-order valence-corrected chi connectivity index (χ1v) is 6.98. The second kappa shape index (κ2) is 7.61. The minimum absolute atomic E-state index is 0.126. The maximum Gasteiger partial charge on any atom is 0.184 e. The summed E-state index contributed by atoms with van der Waals surface area (Å²) >= 11 is 10.5. The highest BCUT2D eigenvalue weighted by Gasteiger charge is 1.97. The molecule has 0 atom stereocenters. The summed E-state index contributed by atoms with van der Waals surface area (Å²) in [6.07, 6.45) is 1.62. The molecule has 2 rings (SSSR count). The average Bonchev–Trinajstić information content (AvgIpc) is 2.47. The van der Waals surface area contributed by atoms with Gasteiger partial charge >= 0.3 is 0 Å². The van der Waals surface area contributed by atoms with E-state index in [4.69, 9.17) is 22.1 Å². The van der Waals surface area contributed by atoms with E-state index >= 15 is 0 Å². The Balaban J connectivity index is 1.96. The first-order valence-electron chi connectivity index (χ1n) is 6.19. The van der Waals surface area contributed by atoms with E-state index in [0.717, 1.165) is 16.9 Å². The van der Waals surface area contributed by atoms with E-state index in [2.05, 4.69) is 22.7 Å². The quantitative estimate of drug-likeness (QED) is 0.505. The van der Waals surface area contributed by atoms with Crippen LogP contribution in [0.3, 0.4) is 0 Å². The van der Waals surface area contributed by atoms with Crippen molar-refractivity contribution in [2.45, 2.75) is 6.61 Å². The number of nitrogens with two attached hydrogens (primary N) is 1. The monoisotopic (exact) mass is 319 g/mol. The second-order valence-corrected chi connectivity index (χ2v) is 5.10. The van der Waals surface area contributed by atoms with Gasteiger partial charge in [0.15, 0.2) is 5.11 Å². The van der Waals surface area contributed by atoms with Crippen LogP contribution >= 0.6 is 23.8 Å². The molecule has 0 aromatic heterocycles. The molecule has 0 radical (unpaired) electrons. The zero-order valence-electron chi connectivity index (χ0n) is 11.1. The minimum atomic E-state index is 0.126. The molecule has 0 aliphatic rings. The van der Waals surface area contributed by atoms with Gasteiger partial charge in [0, 0.05) is 5.02 Å². The topological polar surface area (TPSA) is 59.6 Å². The van der Waals surface area contributed by atoms with Gasteiger partial charge in [0.25, 0.3) is 0 Å².